The molecule has 1 heterocycles. The van der Waals surface area contributed by atoms with Crippen LogP contribution in [0.15, 0.2) is 0 Å². The summed E-state index contributed by atoms with van der Waals surface area (Å²) in [6.45, 7) is 1.03. The molecule has 1 fully saturated rings. The van der Waals surface area contributed by atoms with Crippen LogP contribution in [-0.2, 0) is 26.5 Å². The standard InChI is InChI=1S/C5H13BOSi.Ti/c6-8-5-3-1-2-4-7-5;/h5H,1-4,6,8H2;. The van der Waals surface area contributed by atoms with Crippen LogP contribution in [0.3, 0.4) is 0 Å². The van der Waals surface area contributed by atoms with Crippen molar-refractivity contribution in [1.82, 2.24) is 0 Å². The Balaban J connectivity index is 0.000000640. The van der Waals surface area contributed by atoms with E-state index in [1.54, 1.807) is 0 Å². The van der Waals surface area contributed by atoms with Gasteiger partial charge < -0.3 is 4.74 Å². The van der Waals surface area contributed by atoms with E-state index in [0.29, 0.717) is 0 Å². The Bertz CT molecular complexity index is 68.0. The van der Waals surface area contributed by atoms with Crippen LogP contribution in [-0.4, -0.2) is 29.2 Å². The summed E-state index contributed by atoms with van der Waals surface area (Å²) in [6, 6.07) is 0. The minimum atomic E-state index is 0. The van der Waals surface area contributed by atoms with Crippen molar-refractivity contribution in [3.05, 3.63) is 0 Å². The van der Waals surface area contributed by atoms with E-state index in [1.165, 1.54) is 19.3 Å². The third kappa shape index (κ3) is 3.61. The molecule has 50 valence electrons. The van der Waals surface area contributed by atoms with Crippen molar-refractivity contribution in [2.24, 2.45) is 0 Å². The Labute approximate surface area is 75.0 Å². The normalized spacial score (nSPS) is 28.2. The third-order valence-corrected chi connectivity index (χ3v) is 3.28. The largest absolute Gasteiger partial charge is 0.383 e. The van der Waals surface area contributed by atoms with Crippen LogP contribution in [0.25, 0.3) is 0 Å². The van der Waals surface area contributed by atoms with Gasteiger partial charge in [0.25, 0.3) is 0 Å². The number of hydrogen-bond acceptors (Lipinski definition) is 1. The van der Waals surface area contributed by atoms with Gasteiger partial charge in [-0.2, -0.15) is 0 Å². The molecule has 0 N–H and O–H groups in total. The molecule has 0 aromatic carbocycles. The van der Waals surface area contributed by atoms with Crippen molar-refractivity contribution in [1.29, 1.82) is 0 Å². The Hall–Kier alpha value is 0.956. The predicted molar refractivity (Wildman–Crippen MR) is 40.7 cm³/mol. The Morgan fingerprint density at radius 3 is 2.56 bits per heavy atom. The van der Waals surface area contributed by atoms with Crippen LogP contribution in [0.1, 0.15) is 19.3 Å². The van der Waals surface area contributed by atoms with Crippen molar-refractivity contribution < 1.29 is 26.5 Å². The molecule has 0 aromatic rings. The van der Waals surface area contributed by atoms with Crippen LogP contribution in [0, 0.1) is 0 Å². The van der Waals surface area contributed by atoms with Gasteiger partial charge in [-0.25, -0.2) is 0 Å². The zero-order valence-corrected chi connectivity index (χ0v) is 9.00. The molecule has 0 aliphatic carbocycles. The van der Waals surface area contributed by atoms with Gasteiger partial charge >= 0.3 is 0 Å². The van der Waals surface area contributed by atoms with Crippen LogP contribution in [0.5, 0.6) is 0 Å². The van der Waals surface area contributed by atoms with Crippen molar-refractivity contribution >= 4 is 16.8 Å². The first kappa shape index (κ1) is 9.96. The fourth-order valence-corrected chi connectivity index (χ4v) is 2.23. The van der Waals surface area contributed by atoms with E-state index >= 15 is 0 Å². The zero-order chi connectivity index (χ0) is 5.82. The first-order valence-electron chi connectivity index (χ1n) is 3.55. The second kappa shape index (κ2) is 5.72. The number of ether oxygens (including phenoxy) is 1. The Kier molecular flexibility index (Phi) is 6.33. The minimum absolute atomic E-state index is 0. The summed E-state index contributed by atoms with van der Waals surface area (Å²) in [6.07, 6.45) is 4.05. The van der Waals surface area contributed by atoms with Gasteiger partial charge in [0.1, 0.15) is 0 Å². The topological polar surface area (TPSA) is 9.23 Å². The zero-order valence-electron chi connectivity index (χ0n) is 6.02. The van der Waals surface area contributed by atoms with E-state index in [1.807, 2.05) is 0 Å². The van der Waals surface area contributed by atoms with Gasteiger partial charge in [-0.3, -0.25) is 0 Å². The minimum Gasteiger partial charge on any atom is -0.383 e. The van der Waals surface area contributed by atoms with Crippen LogP contribution in [0.4, 0.5) is 0 Å². The molecule has 1 aliphatic rings. The molecule has 0 spiro atoms. The average Bonchev–Trinajstić information content (AvgIpc) is 1.90. The molecule has 9 heavy (non-hydrogen) atoms. The fourth-order valence-electron chi connectivity index (χ4n) is 1.13. The third-order valence-electron chi connectivity index (χ3n) is 1.73. The summed E-state index contributed by atoms with van der Waals surface area (Å²) in [5.74, 6) is 0. The summed E-state index contributed by atoms with van der Waals surface area (Å²) < 4.78 is 5.49. The maximum atomic E-state index is 5.49. The van der Waals surface area contributed by atoms with E-state index in [9.17, 15) is 0 Å². The summed E-state index contributed by atoms with van der Waals surface area (Å²) >= 11 is 0. The molecule has 1 aliphatic heterocycles. The van der Waals surface area contributed by atoms with Crippen LogP contribution in [0.2, 0.25) is 0 Å². The summed E-state index contributed by atoms with van der Waals surface area (Å²) in [4.78, 5) is 0. The van der Waals surface area contributed by atoms with E-state index in [4.69, 9.17) is 4.74 Å². The summed E-state index contributed by atoms with van der Waals surface area (Å²) in [7, 11) is 2.48. The maximum absolute atomic E-state index is 5.49. The van der Waals surface area contributed by atoms with Gasteiger partial charge in [0.15, 0.2) is 0 Å². The van der Waals surface area contributed by atoms with Crippen LogP contribution < -0.4 is 0 Å². The van der Waals surface area contributed by atoms with Crippen LogP contribution >= 0.6 is 0 Å². The number of rotatable bonds is 1. The van der Waals surface area contributed by atoms with E-state index < -0.39 is 0 Å². The smallest absolute Gasteiger partial charge is 0.0923 e. The summed E-state index contributed by atoms with van der Waals surface area (Å²) in [5, 5.41) is 0. The first-order chi connectivity index (χ1) is 3.93. The molecule has 0 saturated carbocycles. The average molecular weight is 176 g/mol. The van der Waals surface area contributed by atoms with E-state index in [2.05, 4.69) is 7.44 Å². The second-order valence-corrected chi connectivity index (χ2v) is 4.12. The molecule has 0 radical (unpaired) electrons. The van der Waals surface area contributed by atoms with Crippen molar-refractivity contribution in [3.8, 4) is 0 Å². The Morgan fingerprint density at radius 1 is 1.44 bits per heavy atom. The Morgan fingerprint density at radius 2 is 2.22 bits per heavy atom. The molecule has 1 saturated heterocycles. The van der Waals surface area contributed by atoms with Gasteiger partial charge in [-0.15, -0.1) is 0 Å². The molecule has 1 unspecified atom stereocenters. The van der Waals surface area contributed by atoms with Gasteiger partial charge in [0, 0.05) is 43.4 Å². The van der Waals surface area contributed by atoms with Crippen molar-refractivity contribution in [2.45, 2.75) is 25.0 Å². The maximum Gasteiger partial charge on any atom is 0.0923 e. The molecule has 0 aromatic heterocycles. The molecule has 1 nitrogen and oxygen atoms in total. The quantitative estimate of drug-likeness (QED) is 0.476. The molecule has 1 rings (SSSR count). The predicted octanol–water partition coefficient (Wildman–Crippen LogP) is -0.773. The van der Waals surface area contributed by atoms with E-state index in [-0.39, 0.29) is 31.1 Å². The van der Waals surface area contributed by atoms with Gasteiger partial charge in [0.2, 0.25) is 0 Å². The van der Waals surface area contributed by atoms with Gasteiger partial charge in [-0.1, -0.05) is 0 Å². The molecular formula is C5H13BOSiTi. The fraction of sp³-hybridized carbons (Fsp3) is 1.00. The van der Waals surface area contributed by atoms with E-state index in [0.717, 1.165) is 12.3 Å². The molecule has 4 heteroatoms. The second-order valence-electron chi connectivity index (χ2n) is 2.40. The van der Waals surface area contributed by atoms with Gasteiger partial charge in [-0.05, 0) is 19.3 Å². The first-order valence-corrected chi connectivity index (χ1v) is 5.78. The van der Waals surface area contributed by atoms with Crippen molar-refractivity contribution in [2.75, 3.05) is 6.61 Å². The monoisotopic (exact) mass is 176 g/mol. The van der Waals surface area contributed by atoms with Gasteiger partial charge in [0.05, 0.1) is 7.44 Å². The molecular weight excluding hydrogens is 163 g/mol. The summed E-state index contributed by atoms with van der Waals surface area (Å²) in [5.41, 5.74) is 0.726. The molecule has 0 amide bonds. The SMILES string of the molecule is B[SiH2]C1CCCCO1.[Ti]. The number of hydrogen-bond donors (Lipinski definition) is 0. The molecule has 0 bridgehead atoms. The molecule has 1 atom stereocenters. The van der Waals surface area contributed by atoms with Crippen molar-refractivity contribution in [3.63, 3.8) is 0 Å².